The summed E-state index contributed by atoms with van der Waals surface area (Å²) < 4.78 is 30.9. The fourth-order valence-electron chi connectivity index (χ4n) is 1.85. The van der Waals surface area contributed by atoms with E-state index in [0.29, 0.717) is 6.41 Å². The number of anilines is 1. The van der Waals surface area contributed by atoms with E-state index in [2.05, 4.69) is 22.0 Å². The SMILES string of the molecule is CC1C(NC(=O)[C]c2csc(NC=O)n2)C(=O)N1S(=O)(=O)O. The minimum atomic E-state index is -4.63. The zero-order chi connectivity index (χ0) is 16.5. The maximum atomic E-state index is 11.7. The minimum Gasteiger partial charge on any atom is -0.341 e. The van der Waals surface area contributed by atoms with Crippen LogP contribution in [0.5, 0.6) is 0 Å². The summed E-state index contributed by atoms with van der Waals surface area (Å²) in [5.41, 5.74) is 0.151. The first-order valence-electron chi connectivity index (χ1n) is 5.78. The Morgan fingerprint density at radius 2 is 2.27 bits per heavy atom. The third-order valence-electron chi connectivity index (χ3n) is 2.80. The van der Waals surface area contributed by atoms with Crippen molar-refractivity contribution < 1.29 is 27.4 Å². The number of hydrogen-bond acceptors (Lipinski definition) is 7. The van der Waals surface area contributed by atoms with Crippen molar-refractivity contribution in [2.45, 2.75) is 19.0 Å². The van der Waals surface area contributed by atoms with Gasteiger partial charge in [-0.2, -0.15) is 8.42 Å². The molecule has 22 heavy (non-hydrogen) atoms. The Balaban J connectivity index is 1.93. The number of carbonyl (C=O) groups excluding carboxylic acids is 3. The van der Waals surface area contributed by atoms with Gasteiger partial charge in [0.05, 0.1) is 11.7 Å². The van der Waals surface area contributed by atoms with Gasteiger partial charge in [-0.1, -0.05) is 0 Å². The van der Waals surface area contributed by atoms with E-state index in [0.717, 1.165) is 11.3 Å². The minimum absolute atomic E-state index is 0.151. The molecule has 3 N–H and O–H groups in total. The zero-order valence-electron chi connectivity index (χ0n) is 11.0. The number of aromatic nitrogens is 1. The highest BCUT2D eigenvalue weighted by Gasteiger charge is 2.51. The molecule has 0 aromatic carbocycles. The highest BCUT2D eigenvalue weighted by molar-refractivity contribution is 7.84. The maximum Gasteiger partial charge on any atom is 0.362 e. The highest BCUT2D eigenvalue weighted by Crippen LogP contribution is 2.23. The second-order valence-corrected chi connectivity index (χ2v) is 6.38. The van der Waals surface area contributed by atoms with Crippen LogP contribution in [-0.2, 0) is 24.7 Å². The molecule has 1 saturated heterocycles. The number of amides is 3. The number of nitrogens with one attached hydrogen (secondary N) is 2. The monoisotopic (exact) mass is 346 g/mol. The van der Waals surface area contributed by atoms with Crippen molar-refractivity contribution >= 4 is 45.0 Å². The summed E-state index contributed by atoms with van der Waals surface area (Å²) in [6.45, 7) is 1.36. The van der Waals surface area contributed by atoms with Crippen LogP contribution in [0.15, 0.2) is 5.38 Å². The lowest BCUT2D eigenvalue weighted by atomic mass is 10.0. The van der Waals surface area contributed by atoms with Gasteiger partial charge in [-0.3, -0.25) is 18.9 Å². The first-order valence-corrected chi connectivity index (χ1v) is 8.05. The van der Waals surface area contributed by atoms with Gasteiger partial charge < -0.3 is 10.6 Å². The molecule has 1 aromatic heterocycles. The van der Waals surface area contributed by atoms with Crippen LogP contribution in [0, 0.1) is 6.42 Å². The molecule has 2 heterocycles. The average Bonchev–Trinajstić information content (AvgIpc) is 2.82. The third-order valence-corrected chi connectivity index (χ3v) is 4.58. The fourth-order valence-corrected chi connectivity index (χ4v) is 3.33. The lowest BCUT2D eigenvalue weighted by Gasteiger charge is -2.42. The number of nitrogens with zero attached hydrogens (tertiary/aromatic N) is 2. The Morgan fingerprint density at radius 3 is 2.82 bits per heavy atom. The molecule has 2 unspecified atom stereocenters. The van der Waals surface area contributed by atoms with Crippen LogP contribution in [0.4, 0.5) is 5.13 Å². The molecule has 2 rings (SSSR count). The Labute approximate surface area is 129 Å². The highest BCUT2D eigenvalue weighted by atomic mass is 32.2. The van der Waals surface area contributed by atoms with Crippen molar-refractivity contribution in [2.24, 2.45) is 0 Å². The standard InChI is InChI=1S/C10H10N4O6S2/c1-5-8(9(17)14(5)22(18,19)20)13-7(16)2-6-3-21-10(12-6)11-4-15/h3-5,8H,1H3,(H,13,16)(H,11,12,15)(H,18,19,20). The predicted molar refractivity (Wildman–Crippen MR) is 73.9 cm³/mol. The largest absolute Gasteiger partial charge is 0.362 e. The van der Waals surface area contributed by atoms with Crippen molar-refractivity contribution in [3.8, 4) is 0 Å². The van der Waals surface area contributed by atoms with Crippen LogP contribution in [-0.4, -0.2) is 52.6 Å². The van der Waals surface area contributed by atoms with Crippen LogP contribution in [0.3, 0.4) is 0 Å². The Kier molecular flexibility index (Phi) is 4.44. The molecule has 1 aliphatic rings. The predicted octanol–water partition coefficient (Wildman–Crippen LogP) is -1.34. The molecule has 0 spiro atoms. The van der Waals surface area contributed by atoms with Crippen molar-refractivity contribution in [3.05, 3.63) is 17.5 Å². The molecule has 0 bridgehead atoms. The smallest absolute Gasteiger partial charge is 0.341 e. The summed E-state index contributed by atoms with van der Waals surface area (Å²) in [5, 5.41) is 6.30. The topological polar surface area (TPSA) is 146 Å². The van der Waals surface area contributed by atoms with Crippen molar-refractivity contribution in [1.29, 1.82) is 0 Å². The van der Waals surface area contributed by atoms with Gasteiger partial charge >= 0.3 is 10.3 Å². The van der Waals surface area contributed by atoms with E-state index < -0.39 is 34.2 Å². The Hall–Kier alpha value is -2.05. The van der Waals surface area contributed by atoms with Gasteiger partial charge in [-0.25, -0.2) is 9.29 Å². The number of β-lactam (4-membered cyclic amide) rings is 1. The van der Waals surface area contributed by atoms with Crippen LogP contribution >= 0.6 is 11.3 Å². The molecule has 1 aliphatic heterocycles. The summed E-state index contributed by atoms with van der Waals surface area (Å²) in [6.07, 6.45) is 2.76. The van der Waals surface area contributed by atoms with Crippen molar-refractivity contribution in [3.63, 3.8) is 0 Å². The molecule has 2 atom stereocenters. The fraction of sp³-hybridized carbons (Fsp3) is 0.300. The first kappa shape index (κ1) is 16.3. The van der Waals surface area contributed by atoms with Gasteiger partial charge in [-0.05, 0) is 6.92 Å². The zero-order valence-corrected chi connectivity index (χ0v) is 12.6. The van der Waals surface area contributed by atoms with Gasteiger partial charge in [-0.15, -0.1) is 11.3 Å². The first-order chi connectivity index (χ1) is 10.2. The van der Waals surface area contributed by atoms with Crippen molar-refractivity contribution in [2.75, 3.05) is 5.32 Å². The summed E-state index contributed by atoms with van der Waals surface area (Å²) in [7, 11) is -4.63. The van der Waals surface area contributed by atoms with Gasteiger partial charge in [0.25, 0.3) is 5.91 Å². The van der Waals surface area contributed by atoms with Crippen LogP contribution in [0.25, 0.3) is 0 Å². The Bertz CT molecular complexity index is 715. The van der Waals surface area contributed by atoms with Gasteiger partial charge in [0, 0.05) is 5.38 Å². The molecule has 10 nitrogen and oxygen atoms in total. The molecular formula is C10H10N4O6S2. The number of hydrogen-bond donors (Lipinski definition) is 3. The number of thiazole rings is 1. The second kappa shape index (κ2) is 5.98. The molecule has 118 valence electrons. The average molecular weight is 346 g/mol. The molecule has 0 aliphatic carbocycles. The van der Waals surface area contributed by atoms with Gasteiger partial charge in [0.2, 0.25) is 12.3 Å². The summed E-state index contributed by atoms with van der Waals surface area (Å²) in [4.78, 5) is 37.4. The van der Waals surface area contributed by atoms with E-state index in [9.17, 15) is 22.8 Å². The molecule has 2 radical (unpaired) electrons. The summed E-state index contributed by atoms with van der Waals surface area (Å²) in [5.74, 6) is -1.71. The maximum absolute atomic E-state index is 11.7. The molecule has 0 saturated carbocycles. The molecule has 1 aromatic rings. The van der Waals surface area contributed by atoms with E-state index in [1.165, 1.54) is 12.3 Å². The van der Waals surface area contributed by atoms with E-state index in [1.54, 1.807) is 0 Å². The normalized spacial score (nSPS) is 21.2. The van der Waals surface area contributed by atoms with E-state index in [4.69, 9.17) is 4.55 Å². The van der Waals surface area contributed by atoms with E-state index in [-0.39, 0.29) is 15.1 Å². The second-order valence-electron chi connectivity index (χ2n) is 4.23. The molecule has 12 heteroatoms. The van der Waals surface area contributed by atoms with Crippen LogP contribution < -0.4 is 10.6 Å². The third kappa shape index (κ3) is 3.23. The molecule has 1 fully saturated rings. The Morgan fingerprint density at radius 1 is 1.59 bits per heavy atom. The van der Waals surface area contributed by atoms with E-state index in [1.807, 2.05) is 0 Å². The molecular weight excluding hydrogens is 336 g/mol. The van der Waals surface area contributed by atoms with Gasteiger partial charge in [0.1, 0.15) is 12.5 Å². The lowest BCUT2D eigenvalue weighted by Crippen LogP contribution is -2.70. The molecule has 3 amide bonds. The van der Waals surface area contributed by atoms with E-state index >= 15 is 0 Å². The van der Waals surface area contributed by atoms with Crippen LogP contribution in [0.1, 0.15) is 12.6 Å². The number of rotatable bonds is 6. The quantitative estimate of drug-likeness (QED) is 0.328. The number of carbonyl (C=O) groups is 3. The van der Waals surface area contributed by atoms with Crippen molar-refractivity contribution in [1.82, 2.24) is 14.6 Å². The summed E-state index contributed by atoms with van der Waals surface area (Å²) in [6, 6.07) is -1.98. The summed E-state index contributed by atoms with van der Waals surface area (Å²) >= 11 is 1.08. The lowest BCUT2D eigenvalue weighted by molar-refractivity contribution is -0.144. The van der Waals surface area contributed by atoms with Crippen LogP contribution in [0.2, 0.25) is 0 Å². The van der Waals surface area contributed by atoms with Gasteiger partial charge in [0.15, 0.2) is 5.13 Å².